The van der Waals surface area contributed by atoms with Crippen molar-refractivity contribution in [3.63, 3.8) is 0 Å². The molecular formula is C62H76N8O11S. The number of amides is 3. The minimum absolute atomic E-state index is 0.0347. The molecule has 6 bridgehead atoms. The summed E-state index contributed by atoms with van der Waals surface area (Å²) in [6, 6.07) is 20.1. The molecule has 7 heterocycles. The molecule has 5 unspecified atom stereocenters. The van der Waals surface area contributed by atoms with Crippen LogP contribution in [-0.2, 0) is 69.2 Å². The molecule has 10 rings (SSSR count). The number of hydrogen-bond acceptors (Lipinski definition) is 15. The second-order valence-electron chi connectivity index (χ2n) is 23.5. The van der Waals surface area contributed by atoms with Crippen molar-refractivity contribution in [1.29, 1.82) is 0 Å². The Balaban J connectivity index is 1.04. The van der Waals surface area contributed by atoms with Crippen molar-refractivity contribution in [2.75, 3.05) is 58.5 Å². The average molecular weight is 1140 g/mol. The number of nitrogens with zero attached hydrogens (tertiary/aromatic N) is 6. The first kappa shape index (κ1) is 58.2. The summed E-state index contributed by atoms with van der Waals surface area (Å²) in [5.41, 5.74) is 10.4. The van der Waals surface area contributed by atoms with Gasteiger partial charge in [0.1, 0.15) is 35.7 Å². The summed E-state index contributed by atoms with van der Waals surface area (Å²) in [6.45, 7) is 14.3. The number of methoxy groups -OCH3 is 1. The minimum Gasteiger partial charge on any atom is -0.508 e. The van der Waals surface area contributed by atoms with Crippen molar-refractivity contribution < 1.29 is 51.3 Å². The Bertz CT molecular complexity index is 3460. The number of benzene rings is 3. The lowest BCUT2D eigenvalue weighted by molar-refractivity contribution is -0.155. The van der Waals surface area contributed by atoms with Crippen LogP contribution in [0.5, 0.6) is 5.75 Å². The van der Waals surface area contributed by atoms with Gasteiger partial charge < -0.3 is 38.5 Å². The van der Waals surface area contributed by atoms with Crippen molar-refractivity contribution in [3.05, 3.63) is 113 Å². The second-order valence-corrected chi connectivity index (χ2v) is 25.9. The van der Waals surface area contributed by atoms with Crippen molar-refractivity contribution >= 4 is 44.4 Å². The SMILES string of the molecule is CCn1c(-c2cc(-c3ncc(CN4CCS(=O)(=O)CC4)o3)cnc2C(C)OC)c2c3cc(ccc31)-c1cc(O)cc(c1)C[C@H](NC(=O)C(C(C)C)N(C)C(=O)C1OCCC1c1ccccc1)C(=O)N1CCCC(N1)C(=O)OCC(C)(C)C2. The number of hydrazine groups is 1. The molecule has 0 radical (unpaired) electrons. The number of aromatic hydroxyl groups is 1. The first-order chi connectivity index (χ1) is 39.2. The Kier molecular flexibility index (Phi) is 17.1. The van der Waals surface area contributed by atoms with Gasteiger partial charge in [-0.15, -0.1) is 0 Å². The maximum absolute atomic E-state index is 15.0. The van der Waals surface area contributed by atoms with E-state index in [4.69, 9.17) is 23.6 Å². The van der Waals surface area contributed by atoms with Gasteiger partial charge in [-0.1, -0.05) is 70.2 Å². The predicted molar refractivity (Wildman–Crippen MR) is 310 cm³/mol. The lowest BCUT2D eigenvalue weighted by atomic mass is 9.84. The molecule has 3 fully saturated rings. The smallest absolute Gasteiger partial charge is 0.324 e. The van der Waals surface area contributed by atoms with Crippen LogP contribution in [0.1, 0.15) is 101 Å². The number of rotatable bonds is 13. The fraction of sp³-hybridized carbons (Fsp3) is 0.484. The number of esters is 1. The van der Waals surface area contributed by atoms with E-state index in [0.717, 1.165) is 38.9 Å². The maximum atomic E-state index is 15.0. The first-order valence-corrected chi connectivity index (χ1v) is 30.4. The van der Waals surface area contributed by atoms with E-state index in [9.17, 15) is 32.7 Å². The molecule has 3 amide bonds. The molecule has 3 aromatic heterocycles. The fourth-order valence-corrected chi connectivity index (χ4v) is 13.5. The number of aromatic nitrogens is 3. The van der Waals surface area contributed by atoms with E-state index >= 15 is 0 Å². The molecule has 6 atom stereocenters. The normalized spacial score (nSPS) is 22.1. The molecule has 6 aromatic rings. The molecule has 4 aliphatic rings. The van der Waals surface area contributed by atoms with Gasteiger partial charge in [0.2, 0.25) is 11.8 Å². The number of phenols is 1. The standard InChI is InChI=1S/C62H76N8O11S/c1-9-69-52-18-17-41-30-47(52)49(55(69)48-31-43(33-63-53(48)38(4)78-8)58-64-34-45(81-58)35-68-21-24-82(76,77)25-22-68)32-62(5,6)36-80-61(75)50-16-13-20-70(66-50)59(73)51(28-39-26-42(41)29-44(71)27-39)65-57(72)54(37(2)3)67(7)60(74)56-46(19-23-79-56)40-14-11-10-12-15-40/h10-12,14-15,17-18,26-27,29-31,33-34,37-38,46,50-51,54,56,66,71H,9,13,16,19-25,28,32,35-36H2,1-8H3,(H,65,72)/t38?,46?,50?,51-,54?,56?/m0/s1. The zero-order valence-electron chi connectivity index (χ0n) is 48.1. The number of likely N-dealkylation sites (N-methyl/N-ethyl adjacent to an activating group) is 1. The van der Waals surface area contributed by atoms with E-state index in [1.54, 1.807) is 38.7 Å². The number of cyclic esters (lactones) is 1. The highest BCUT2D eigenvalue weighted by molar-refractivity contribution is 7.91. The molecule has 4 aliphatic heterocycles. The van der Waals surface area contributed by atoms with Crippen LogP contribution in [0.25, 0.3) is 44.7 Å². The van der Waals surface area contributed by atoms with Gasteiger partial charge >= 0.3 is 5.97 Å². The number of carbonyl (C=O) groups is 4. The van der Waals surface area contributed by atoms with Gasteiger partial charge in [-0.25, -0.2) is 18.8 Å². The highest BCUT2D eigenvalue weighted by atomic mass is 32.2. The lowest BCUT2D eigenvalue weighted by Crippen LogP contribution is -2.62. The molecule has 3 saturated heterocycles. The Morgan fingerprint density at radius 2 is 1.72 bits per heavy atom. The summed E-state index contributed by atoms with van der Waals surface area (Å²) < 4.78 is 51.2. The van der Waals surface area contributed by atoms with Crippen molar-refractivity contribution in [3.8, 4) is 39.6 Å². The average Bonchev–Trinajstić information content (AvgIpc) is 4.43. The number of sulfone groups is 1. The topological polar surface area (TPSA) is 228 Å². The highest BCUT2D eigenvalue weighted by Gasteiger charge is 2.43. The third kappa shape index (κ3) is 12.4. The molecule has 82 heavy (non-hydrogen) atoms. The van der Waals surface area contributed by atoms with Crippen LogP contribution < -0.4 is 10.7 Å². The van der Waals surface area contributed by atoms with E-state index in [2.05, 4.69) is 53.2 Å². The summed E-state index contributed by atoms with van der Waals surface area (Å²) in [4.78, 5) is 71.6. The largest absolute Gasteiger partial charge is 0.508 e. The number of hydrogen-bond donors (Lipinski definition) is 3. The van der Waals surface area contributed by atoms with Crippen LogP contribution >= 0.6 is 0 Å². The summed E-state index contributed by atoms with van der Waals surface area (Å²) in [7, 11) is 0.189. The summed E-state index contributed by atoms with van der Waals surface area (Å²) in [5.74, 6) is -1.31. The van der Waals surface area contributed by atoms with E-state index < -0.39 is 63.4 Å². The van der Waals surface area contributed by atoms with Gasteiger partial charge in [0.25, 0.3) is 11.8 Å². The highest BCUT2D eigenvalue weighted by Crippen LogP contribution is 2.44. The van der Waals surface area contributed by atoms with Gasteiger partial charge in [-0.3, -0.25) is 34.1 Å². The number of pyridine rings is 1. The zero-order chi connectivity index (χ0) is 58.2. The second kappa shape index (κ2) is 24.1. The zero-order valence-corrected chi connectivity index (χ0v) is 49.0. The number of oxazole rings is 1. The van der Waals surface area contributed by atoms with Crippen LogP contribution in [0, 0.1) is 11.3 Å². The minimum atomic E-state index is -3.06. The maximum Gasteiger partial charge on any atom is 0.324 e. The van der Waals surface area contributed by atoms with Crippen molar-refractivity contribution in [1.82, 2.24) is 40.1 Å². The Morgan fingerprint density at radius 1 is 0.951 bits per heavy atom. The van der Waals surface area contributed by atoms with Gasteiger partial charge in [0, 0.05) is 87.4 Å². The Labute approximate surface area is 479 Å². The number of aryl methyl sites for hydroxylation is 1. The molecular weight excluding hydrogens is 1060 g/mol. The van der Waals surface area contributed by atoms with E-state index in [-0.39, 0.29) is 54.6 Å². The first-order valence-electron chi connectivity index (χ1n) is 28.6. The number of carbonyl (C=O) groups excluding carboxylic acids is 4. The summed E-state index contributed by atoms with van der Waals surface area (Å²) >= 11 is 0. The number of ether oxygens (including phenoxy) is 3. The van der Waals surface area contributed by atoms with Gasteiger partial charge in [0.05, 0.1) is 53.9 Å². The quantitative estimate of drug-likeness (QED) is 0.0958. The molecule has 436 valence electrons. The van der Waals surface area contributed by atoms with Gasteiger partial charge in [0.15, 0.2) is 9.84 Å². The summed E-state index contributed by atoms with van der Waals surface area (Å²) in [5, 5.41) is 16.9. The Morgan fingerprint density at radius 3 is 2.45 bits per heavy atom. The summed E-state index contributed by atoms with van der Waals surface area (Å²) in [6.07, 6.45) is 4.10. The molecule has 0 saturated carbocycles. The number of nitrogens with one attached hydrogen (secondary N) is 2. The molecule has 20 heteroatoms. The van der Waals surface area contributed by atoms with E-state index in [0.29, 0.717) is 92.5 Å². The van der Waals surface area contributed by atoms with Crippen LogP contribution in [0.2, 0.25) is 0 Å². The van der Waals surface area contributed by atoms with E-state index in [1.807, 2.05) is 74.2 Å². The van der Waals surface area contributed by atoms with Crippen molar-refractivity contribution in [2.45, 2.75) is 123 Å². The number of fused-ring (bicyclic) bond motifs is 6. The molecule has 3 aromatic carbocycles. The third-order valence-electron chi connectivity index (χ3n) is 16.6. The monoisotopic (exact) mass is 1140 g/mol. The van der Waals surface area contributed by atoms with Crippen LogP contribution in [0.3, 0.4) is 0 Å². The molecule has 0 spiro atoms. The third-order valence-corrected chi connectivity index (χ3v) is 18.2. The van der Waals surface area contributed by atoms with E-state index in [1.165, 1.54) is 9.91 Å². The molecule has 19 nitrogen and oxygen atoms in total. The van der Waals surface area contributed by atoms with Crippen molar-refractivity contribution in [2.24, 2.45) is 11.3 Å². The number of phenolic OH excluding ortho intramolecular Hbond substituents is 1. The fourth-order valence-electron chi connectivity index (χ4n) is 12.3. The molecule has 3 N–H and O–H groups in total. The van der Waals surface area contributed by atoms with Crippen LogP contribution in [0.15, 0.2) is 89.6 Å². The Hall–Kier alpha value is -6.97. The van der Waals surface area contributed by atoms with Gasteiger partial charge in [-0.2, -0.15) is 0 Å². The van der Waals surface area contributed by atoms with Crippen LogP contribution in [-0.4, -0.2) is 149 Å². The predicted octanol–water partition coefficient (Wildman–Crippen LogP) is 7.39. The van der Waals surface area contributed by atoms with Crippen LogP contribution in [0.4, 0.5) is 0 Å². The molecule has 0 aliphatic carbocycles. The van der Waals surface area contributed by atoms with Gasteiger partial charge in [-0.05, 0) is 104 Å². The lowest BCUT2D eigenvalue weighted by Gasteiger charge is -2.37.